The molecule has 27 heavy (non-hydrogen) atoms. The predicted octanol–water partition coefficient (Wildman–Crippen LogP) is 4.67. The molecule has 0 saturated heterocycles. The molecule has 5 nitrogen and oxygen atoms in total. The number of aromatic nitrogens is 2. The van der Waals surface area contributed by atoms with Crippen LogP contribution in [0, 0.1) is 6.92 Å². The molecule has 0 radical (unpaired) electrons. The molecule has 3 rings (SSSR count). The third-order valence-electron chi connectivity index (χ3n) is 4.08. The number of carbonyl (C=O) groups excluding carboxylic acids is 1. The molecule has 0 saturated carbocycles. The van der Waals surface area contributed by atoms with E-state index in [9.17, 15) is 9.59 Å². The molecule has 0 bridgehead atoms. The van der Waals surface area contributed by atoms with Crippen LogP contribution in [0.2, 0.25) is 5.02 Å². The predicted molar refractivity (Wildman–Crippen MR) is 112 cm³/mol. The van der Waals surface area contributed by atoms with Gasteiger partial charge in [0.15, 0.2) is 5.16 Å². The number of anilines is 1. The Morgan fingerprint density at radius 2 is 2.00 bits per heavy atom. The van der Waals surface area contributed by atoms with Gasteiger partial charge in [0.25, 0.3) is 5.56 Å². The number of thioether (sulfide) groups is 1. The Morgan fingerprint density at radius 1 is 1.26 bits per heavy atom. The molecular formula is C20H20ClN3O2S. The minimum atomic E-state index is -0.183. The van der Waals surface area contributed by atoms with Crippen LogP contribution < -0.4 is 10.9 Å². The van der Waals surface area contributed by atoms with Crippen LogP contribution in [-0.2, 0) is 4.79 Å². The summed E-state index contributed by atoms with van der Waals surface area (Å²) in [6.07, 6.45) is 0. The summed E-state index contributed by atoms with van der Waals surface area (Å²) >= 11 is 7.34. The molecule has 1 N–H and O–H groups in total. The quantitative estimate of drug-likeness (QED) is 0.498. The van der Waals surface area contributed by atoms with Crippen molar-refractivity contribution in [3.63, 3.8) is 0 Å². The summed E-state index contributed by atoms with van der Waals surface area (Å²) in [6, 6.07) is 12.6. The summed E-state index contributed by atoms with van der Waals surface area (Å²) in [5.41, 5.74) is 2.13. The van der Waals surface area contributed by atoms with Gasteiger partial charge >= 0.3 is 0 Å². The first-order chi connectivity index (χ1) is 12.9. The van der Waals surface area contributed by atoms with Crippen LogP contribution >= 0.6 is 23.4 Å². The van der Waals surface area contributed by atoms with E-state index in [0.717, 1.165) is 5.56 Å². The van der Waals surface area contributed by atoms with Crippen molar-refractivity contribution in [2.45, 2.75) is 32.0 Å². The van der Waals surface area contributed by atoms with Crippen LogP contribution in [0.5, 0.6) is 0 Å². The fourth-order valence-electron chi connectivity index (χ4n) is 2.68. The van der Waals surface area contributed by atoms with Crippen molar-refractivity contribution in [3.05, 3.63) is 63.4 Å². The second kappa shape index (κ2) is 8.15. The lowest BCUT2D eigenvalue weighted by atomic mass is 10.2. The number of nitrogens with zero attached hydrogens (tertiary/aromatic N) is 2. The van der Waals surface area contributed by atoms with Crippen molar-refractivity contribution in [3.8, 4) is 0 Å². The standard InChI is InChI=1S/C20H20ClN3O2S/c1-12(2)24-19(26)15-6-4-5-7-17(15)23-20(24)27-11-18(25)22-14-9-8-13(3)16(21)10-14/h4-10,12H,11H2,1-3H3,(H,22,25). The first-order valence-corrected chi connectivity index (χ1v) is 9.93. The molecule has 0 spiro atoms. The van der Waals surface area contributed by atoms with Crippen LogP contribution in [0.4, 0.5) is 5.69 Å². The van der Waals surface area contributed by atoms with Crippen molar-refractivity contribution in [1.29, 1.82) is 0 Å². The van der Waals surface area contributed by atoms with Crippen molar-refractivity contribution < 1.29 is 4.79 Å². The summed E-state index contributed by atoms with van der Waals surface area (Å²) in [6.45, 7) is 5.76. The van der Waals surface area contributed by atoms with E-state index in [1.807, 2.05) is 45.0 Å². The average molecular weight is 402 g/mol. The number of aryl methyl sites for hydroxylation is 1. The molecule has 0 atom stereocenters. The molecular weight excluding hydrogens is 382 g/mol. The monoisotopic (exact) mass is 401 g/mol. The van der Waals surface area contributed by atoms with Crippen LogP contribution in [0.15, 0.2) is 52.4 Å². The fraction of sp³-hybridized carbons (Fsp3) is 0.250. The maximum absolute atomic E-state index is 12.8. The summed E-state index contributed by atoms with van der Waals surface area (Å²) in [4.78, 5) is 29.7. The van der Waals surface area contributed by atoms with Crippen LogP contribution in [0.3, 0.4) is 0 Å². The Bertz CT molecular complexity index is 1060. The SMILES string of the molecule is Cc1ccc(NC(=O)CSc2nc3ccccc3c(=O)n2C(C)C)cc1Cl. The highest BCUT2D eigenvalue weighted by atomic mass is 35.5. The van der Waals surface area contributed by atoms with Crippen molar-refractivity contribution in [2.75, 3.05) is 11.1 Å². The molecule has 0 fully saturated rings. The molecule has 2 aromatic carbocycles. The number of halogens is 1. The van der Waals surface area contributed by atoms with E-state index in [2.05, 4.69) is 10.3 Å². The molecule has 1 aromatic heterocycles. The van der Waals surface area contributed by atoms with Crippen molar-refractivity contribution >= 4 is 45.9 Å². The number of carbonyl (C=O) groups is 1. The molecule has 140 valence electrons. The number of benzene rings is 2. The minimum Gasteiger partial charge on any atom is -0.325 e. The molecule has 1 amide bonds. The lowest BCUT2D eigenvalue weighted by Crippen LogP contribution is -2.25. The van der Waals surface area contributed by atoms with Gasteiger partial charge in [0.1, 0.15) is 0 Å². The summed E-state index contributed by atoms with van der Waals surface area (Å²) in [5, 5.41) is 4.53. The number of para-hydroxylation sites is 1. The van der Waals surface area contributed by atoms with Gasteiger partial charge in [-0.3, -0.25) is 14.2 Å². The highest BCUT2D eigenvalue weighted by Crippen LogP contribution is 2.23. The third-order valence-corrected chi connectivity index (χ3v) is 5.44. The molecule has 0 unspecified atom stereocenters. The lowest BCUT2D eigenvalue weighted by molar-refractivity contribution is -0.113. The van der Waals surface area contributed by atoms with Crippen LogP contribution in [0.25, 0.3) is 10.9 Å². The molecule has 0 aliphatic heterocycles. The first kappa shape index (κ1) is 19.5. The number of amides is 1. The van der Waals surface area contributed by atoms with E-state index in [-0.39, 0.29) is 23.3 Å². The van der Waals surface area contributed by atoms with Gasteiger partial charge in [-0.05, 0) is 50.6 Å². The number of nitrogens with one attached hydrogen (secondary N) is 1. The number of hydrogen-bond donors (Lipinski definition) is 1. The Hall–Kier alpha value is -2.31. The van der Waals surface area contributed by atoms with Gasteiger partial charge in [0.2, 0.25) is 5.91 Å². The van der Waals surface area contributed by atoms with Crippen molar-refractivity contribution in [1.82, 2.24) is 9.55 Å². The van der Waals surface area contributed by atoms with Gasteiger partial charge < -0.3 is 5.32 Å². The summed E-state index contributed by atoms with van der Waals surface area (Å²) in [5.74, 6) is -0.0409. The van der Waals surface area contributed by atoms with Crippen LogP contribution in [0.1, 0.15) is 25.5 Å². The van der Waals surface area contributed by atoms with E-state index < -0.39 is 0 Å². The Kier molecular flexibility index (Phi) is 5.87. The van der Waals surface area contributed by atoms with E-state index in [4.69, 9.17) is 11.6 Å². The smallest absolute Gasteiger partial charge is 0.262 e. The maximum atomic E-state index is 12.8. The zero-order chi connectivity index (χ0) is 19.6. The van der Waals surface area contributed by atoms with Crippen LogP contribution in [-0.4, -0.2) is 21.2 Å². The van der Waals surface area contributed by atoms with Gasteiger partial charge in [-0.15, -0.1) is 0 Å². The number of rotatable bonds is 5. The second-order valence-corrected chi connectivity index (χ2v) is 7.83. The molecule has 7 heteroatoms. The zero-order valence-electron chi connectivity index (χ0n) is 15.3. The lowest BCUT2D eigenvalue weighted by Gasteiger charge is -2.16. The summed E-state index contributed by atoms with van der Waals surface area (Å²) in [7, 11) is 0. The highest BCUT2D eigenvalue weighted by molar-refractivity contribution is 7.99. The van der Waals surface area contributed by atoms with E-state index in [1.165, 1.54) is 11.8 Å². The first-order valence-electron chi connectivity index (χ1n) is 8.57. The largest absolute Gasteiger partial charge is 0.325 e. The number of hydrogen-bond acceptors (Lipinski definition) is 4. The molecule has 1 heterocycles. The average Bonchev–Trinajstić information content (AvgIpc) is 2.63. The Morgan fingerprint density at radius 3 is 2.70 bits per heavy atom. The molecule has 3 aromatic rings. The van der Waals surface area contributed by atoms with E-state index in [1.54, 1.807) is 22.8 Å². The highest BCUT2D eigenvalue weighted by Gasteiger charge is 2.15. The summed E-state index contributed by atoms with van der Waals surface area (Å²) < 4.78 is 1.63. The fourth-order valence-corrected chi connectivity index (χ4v) is 3.79. The van der Waals surface area contributed by atoms with Gasteiger partial charge in [-0.1, -0.05) is 41.6 Å². The Labute approximate surface area is 166 Å². The zero-order valence-corrected chi connectivity index (χ0v) is 16.9. The molecule has 0 aliphatic rings. The normalized spacial score (nSPS) is 11.1. The number of fused-ring (bicyclic) bond motifs is 1. The van der Waals surface area contributed by atoms with Crippen molar-refractivity contribution in [2.24, 2.45) is 0 Å². The minimum absolute atomic E-state index is 0.0592. The van der Waals surface area contributed by atoms with E-state index >= 15 is 0 Å². The van der Waals surface area contributed by atoms with Gasteiger partial charge in [-0.25, -0.2) is 4.98 Å². The van der Waals surface area contributed by atoms with Gasteiger partial charge in [0, 0.05) is 16.8 Å². The van der Waals surface area contributed by atoms with E-state index in [0.29, 0.717) is 26.8 Å². The van der Waals surface area contributed by atoms with Gasteiger partial charge in [-0.2, -0.15) is 0 Å². The van der Waals surface area contributed by atoms with Gasteiger partial charge in [0.05, 0.1) is 16.7 Å². The molecule has 0 aliphatic carbocycles. The third kappa shape index (κ3) is 4.34. The Balaban J connectivity index is 1.81. The maximum Gasteiger partial charge on any atom is 0.262 e. The topological polar surface area (TPSA) is 64.0 Å². The second-order valence-electron chi connectivity index (χ2n) is 6.48.